The standard InChI is InChI=1S/C34H43F3N4O6S2/c1-3-14-40(15-4-2)49(46,47)30-21-27(20-29(22-30)41-16-9-17-48(41,44)45)33(43)39-31(19-25-10-6-5-7-11-25)32(42)24-38-23-26-12-8-13-28(18-26)34(35,36)37/h5-8,10-13,18,20-22,31-32,38,42H,3-4,9,14-17,19,23-24H2,1-2H3,(H,39,43)/t31-,32+/m0/s1. The Balaban J connectivity index is 1.63. The molecule has 0 saturated carbocycles. The number of alkyl halides is 3. The second-order valence-corrected chi connectivity index (χ2v) is 16.0. The van der Waals surface area contributed by atoms with Crippen molar-refractivity contribution in [1.82, 2.24) is 14.9 Å². The van der Waals surface area contributed by atoms with Crippen LogP contribution >= 0.6 is 0 Å². The number of halogens is 3. The van der Waals surface area contributed by atoms with Crippen molar-refractivity contribution in [3.05, 3.63) is 95.1 Å². The molecule has 4 rings (SSSR count). The van der Waals surface area contributed by atoms with E-state index in [1.807, 2.05) is 32.0 Å². The van der Waals surface area contributed by atoms with Crippen molar-refractivity contribution in [2.24, 2.45) is 0 Å². The van der Waals surface area contributed by atoms with Crippen molar-refractivity contribution in [2.75, 3.05) is 36.2 Å². The summed E-state index contributed by atoms with van der Waals surface area (Å²) in [6.07, 6.45) is -4.10. The topological polar surface area (TPSA) is 136 Å². The molecule has 1 heterocycles. The zero-order valence-corrected chi connectivity index (χ0v) is 29.1. The van der Waals surface area contributed by atoms with Crippen molar-refractivity contribution >= 4 is 31.6 Å². The first-order valence-electron chi connectivity index (χ1n) is 16.2. The third kappa shape index (κ3) is 10.0. The Morgan fingerprint density at radius 2 is 1.65 bits per heavy atom. The lowest BCUT2D eigenvalue weighted by Gasteiger charge is -2.26. The Hall–Kier alpha value is -3.50. The molecule has 0 aliphatic carbocycles. The first-order chi connectivity index (χ1) is 23.2. The molecule has 1 fully saturated rings. The lowest BCUT2D eigenvalue weighted by Crippen LogP contribution is -2.48. The third-order valence-corrected chi connectivity index (χ3v) is 11.9. The zero-order chi connectivity index (χ0) is 35.8. The van der Waals surface area contributed by atoms with E-state index in [1.54, 1.807) is 12.1 Å². The summed E-state index contributed by atoms with van der Waals surface area (Å²) in [4.78, 5) is 13.7. The Kier molecular flexibility index (Phi) is 12.9. The van der Waals surface area contributed by atoms with Crippen molar-refractivity contribution in [3.8, 4) is 0 Å². The Morgan fingerprint density at radius 1 is 0.980 bits per heavy atom. The number of aliphatic hydroxyl groups is 1. The molecule has 268 valence electrons. The van der Waals surface area contributed by atoms with Crippen LogP contribution in [0.1, 0.15) is 60.2 Å². The van der Waals surface area contributed by atoms with Gasteiger partial charge in [0.1, 0.15) is 0 Å². The molecule has 2 atom stereocenters. The van der Waals surface area contributed by atoms with Crippen LogP contribution < -0.4 is 14.9 Å². The van der Waals surface area contributed by atoms with Gasteiger partial charge in [-0.15, -0.1) is 0 Å². The molecule has 10 nitrogen and oxygen atoms in total. The van der Waals surface area contributed by atoms with Crippen LogP contribution in [-0.4, -0.2) is 76.2 Å². The summed E-state index contributed by atoms with van der Waals surface area (Å²) in [5.74, 6) is -0.840. The normalized spacial score (nSPS) is 16.1. The number of nitrogens with one attached hydrogen (secondary N) is 2. The largest absolute Gasteiger partial charge is 0.416 e. The van der Waals surface area contributed by atoms with Gasteiger partial charge in [-0.2, -0.15) is 17.5 Å². The highest BCUT2D eigenvalue weighted by atomic mass is 32.2. The number of hydrogen-bond acceptors (Lipinski definition) is 7. The number of nitrogens with zero attached hydrogens (tertiary/aromatic N) is 2. The minimum Gasteiger partial charge on any atom is -0.390 e. The molecular formula is C34H43F3N4O6S2. The van der Waals surface area contributed by atoms with Gasteiger partial charge in [-0.25, -0.2) is 16.8 Å². The molecule has 0 spiro atoms. The van der Waals surface area contributed by atoms with E-state index in [9.17, 15) is 39.9 Å². The minimum atomic E-state index is -4.50. The Labute approximate surface area is 286 Å². The summed E-state index contributed by atoms with van der Waals surface area (Å²) >= 11 is 0. The van der Waals surface area contributed by atoms with Gasteiger partial charge in [0.25, 0.3) is 5.91 Å². The predicted molar refractivity (Wildman–Crippen MR) is 182 cm³/mol. The number of sulfonamides is 2. The van der Waals surface area contributed by atoms with Crippen LogP contribution in [0.2, 0.25) is 0 Å². The zero-order valence-electron chi connectivity index (χ0n) is 27.5. The minimum absolute atomic E-state index is 0.0204. The van der Waals surface area contributed by atoms with E-state index >= 15 is 0 Å². The van der Waals surface area contributed by atoms with E-state index in [1.165, 1.54) is 34.6 Å². The summed E-state index contributed by atoms with van der Waals surface area (Å²) in [6.45, 7) is 4.22. The molecule has 0 aromatic heterocycles. The van der Waals surface area contributed by atoms with E-state index in [0.29, 0.717) is 24.8 Å². The van der Waals surface area contributed by atoms with Gasteiger partial charge in [0.2, 0.25) is 20.0 Å². The molecule has 1 amide bonds. The second-order valence-electron chi connectivity index (χ2n) is 12.0. The van der Waals surface area contributed by atoms with Crippen LogP contribution in [0.4, 0.5) is 18.9 Å². The van der Waals surface area contributed by atoms with E-state index in [-0.39, 0.29) is 61.0 Å². The van der Waals surface area contributed by atoms with Crippen molar-refractivity contribution in [3.63, 3.8) is 0 Å². The van der Waals surface area contributed by atoms with Gasteiger partial charge in [-0.3, -0.25) is 9.10 Å². The number of carbonyl (C=O) groups is 1. The highest BCUT2D eigenvalue weighted by Gasteiger charge is 2.33. The van der Waals surface area contributed by atoms with E-state index in [4.69, 9.17) is 0 Å². The quantitative estimate of drug-likeness (QED) is 0.197. The summed E-state index contributed by atoms with van der Waals surface area (Å²) in [7, 11) is -7.84. The number of hydrogen-bond donors (Lipinski definition) is 3. The highest BCUT2D eigenvalue weighted by molar-refractivity contribution is 7.93. The number of carbonyl (C=O) groups excluding carboxylic acids is 1. The van der Waals surface area contributed by atoms with Gasteiger partial charge in [-0.1, -0.05) is 62.4 Å². The number of aliphatic hydroxyl groups excluding tert-OH is 1. The summed E-state index contributed by atoms with van der Waals surface area (Å²) < 4.78 is 95.3. The number of amides is 1. The summed E-state index contributed by atoms with van der Waals surface area (Å²) in [5, 5.41) is 17.0. The molecule has 0 unspecified atom stereocenters. The molecule has 3 N–H and O–H groups in total. The van der Waals surface area contributed by atoms with Gasteiger partial charge >= 0.3 is 6.18 Å². The first kappa shape index (κ1) is 38.3. The van der Waals surface area contributed by atoms with Gasteiger partial charge in [0.15, 0.2) is 0 Å². The van der Waals surface area contributed by atoms with Crippen LogP contribution in [0, 0.1) is 0 Å². The lowest BCUT2D eigenvalue weighted by atomic mass is 10.00. The van der Waals surface area contributed by atoms with Gasteiger partial charge < -0.3 is 15.7 Å². The first-order valence-corrected chi connectivity index (χ1v) is 19.3. The van der Waals surface area contributed by atoms with E-state index < -0.39 is 49.8 Å². The average Bonchev–Trinajstić information content (AvgIpc) is 3.42. The summed E-state index contributed by atoms with van der Waals surface area (Å²) in [6, 6.07) is 16.7. The number of anilines is 1. The van der Waals surface area contributed by atoms with Gasteiger partial charge in [-0.05, 0) is 61.1 Å². The fourth-order valence-corrected chi connectivity index (χ4v) is 8.94. The molecule has 3 aromatic carbocycles. The maximum absolute atomic E-state index is 13.9. The maximum atomic E-state index is 13.9. The Bertz CT molecular complexity index is 1780. The molecule has 1 aliphatic heterocycles. The molecule has 1 saturated heterocycles. The van der Waals surface area contributed by atoms with Crippen molar-refractivity contribution in [1.29, 1.82) is 0 Å². The molecule has 3 aromatic rings. The molecule has 49 heavy (non-hydrogen) atoms. The van der Waals surface area contributed by atoms with E-state index in [2.05, 4.69) is 10.6 Å². The molecule has 0 bridgehead atoms. The van der Waals surface area contributed by atoms with Crippen LogP contribution in [-0.2, 0) is 39.2 Å². The SMILES string of the molecule is CCCN(CCC)S(=O)(=O)c1cc(C(=O)N[C@@H](Cc2ccccc2)[C@H](O)CNCc2cccc(C(F)(F)F)c2)cc(N2CCCS2(=O)=O)c1. The van der Waals surface area contributed by atoms with Crippen LogP contribution in [0.15, 0.2) is 77.7 Å². The van der Waals surface area contributed by atoms with Gasteiger partial charge in [0.05, 0.1) is 34.0 Å². The summed E-state index contributed by atoms with van der Waals surface area (Å²) in [5.41, 5.74) is 0.292. The number of benzene rings is 3. The van der Waals surface area contributed by atoms with Crippen molar-refractivity contribution < 1.29 is 39.9 Å². The van der Waals surface area contributed by atoms with Gasteiger partial charge in [0, 0.05) is 38.3 Å². The van der Waals surface area contributed by atoms with Crippen LogP contribution in [0.5, 0.6) is 0 Å². The third-order valence-electron chi connectivity index (χ3n) is 8.14. The smallest absolute Gasteiger partial charge is 0.390 e. The monoisotopic (exact) mass is 724 g/mol. The van der Waals surface area contributed by atoms with Crippen LogP contribution in [0.3, 0.4) is 0 Å². The Morgan fingerprint density at radius 3 is 2.27 bits per heavy atom. The molecule has 15 heteroatoms. The average molecular weight is 725 g/mol. The maximum Gasteiger partial charge on any atom is 0.416 e. The lowest BCUT2D eigenvalue weighted by molar-refractivity contribution is -0.137. The fraction of sp³-hybridized carbons (Fsp3) is 0.441. The van der Waals surface area contributed by atoms with Crippen molar-refractivity contribution in [2.45, 2.75) is 69.3 Å². The second kappa shape index (κ2) is 16.5. The number of rotatable bonds is 16. The van der Waals surface area contributed by atoms with Crippen LogP contribution in [0.25, 0.3) is 0 Å². The fourth-order valence-electron chi connectivity index (χ4n) is 5.70. The highest BCUT2D eigenvalue weighted by Crippen LogP contribution is 2.31. The molecular weight excluding hydrogens is 682 g/mol. The predicted octanol–water partition coefficient (Wildman–Crippen LogP) is 4.55. The molecule has 1 aliphatic rings. The molecule has 0 radical (unpaired) electrons. The van der Waals surface area contributed by atoms with E-state index in [0.717, 1.165) is 22.0 Å².